The number of likely N-dealkylation sites (tertiary alicyclic amines) is 1. The van der Waals surface area contributed by atoms with Crippen molar-refractivity contribution < 1.29 is 9.59 Å². The Morgan fingerprint density at radius 1 is 1.25 bits per heavy atom. The number of piperidine rings is 1. The summed E-state index contributed by atoms with van der Waals surface area (Å²) < 4.78 is 0. The Bertz CT molecular complexity index is 628. The third-order valence-corrected chi connectivity index (χ3v) is 5.54. The molecular formula is C20H28N2O2. The van der Waals surface area contributed by atoms with Gasteiger partial charge >= 0.3 is 0 Å². The third kappa shape index (κ3) is 3.80. The molecular weight excluding hydrogens is 300 g/mol. The van der Waals surface area contributed by atoms with E-state index in [1.807, 2.05) is 4.90 Å². The Morgan fingerprint density at radius 3 is 2.75 bits per heavy atom. The maximum absolute atomic E-state index is 12.6. The lowest BCUT2D eigenvalue weighted by Gasteiger charge is -2.38. The molecule has 2 aliphatic rings. The van der Waals surface area contributed by atoms with Gasteiger partial charge in [0.15, 0.2) is 0 Å². The predicted molar refractivity (Wildman–Crippen MR) is 94.7 cm³/mol. The molecule has 0 bridgehead atoms. The molecule has 130 valence electrons. The van der Waals surface area contributed by atoms with Gasteiger partial charge in [0, 0.05) is 31.5 Å². The van der Waals surface area contributed by atoms with Crippen LogP contribution < -0.4 is 5.32 Å². The molecule has 1 aliphatic carbocycles. The molecule has 1 aromatic rings. The summed E-state index contributed by atoms with van der Waals surface area (Å²) in [6, 6.07) is 8.57. The number of aryl methyl sites for hydroxylation is 1. The Balaban J connectivity index is 1.61. The number of rotatable bonds is 3. The second kappa shape index (κ2) is 6.96. The Labute approximate surface area is 144 Å². The molecule has 1 heterocycles. The lowest BCUT2D eigenvalue weighted by molar-refractivity contribution is -0.134. The molecule has 3 rings (SSSR count). The van der Waals surface area contributed by atoms with Gasteiger partial charge in [-0.3, -0.25) is 9.59 Å². The van der Waals surface area contributed by atoms with E-state index in [1.54, 1.807) is 6.92 Å². The number of hydrogen-bond acceptors (Lipinski definition) is 2. The van der Waals surface area contributed by atoms with Gasteiger partial charge in [0.05, 0.1) is 0 Å². The molecule has 0 saturated carbocycles. The van der Waals surface area contributed by atoms with E-state index >= 15 is 0 Å². The zero-order chi connectivity index (χ0) is 17.2. The highest BCUT2D eigenvalue weighted by Gasteiger charge is 2.33. The van der Waals surface area contributed by atoms with E-state index in [0.717, 1.165) is 45.1 Å². The molecule has 1 N–H and O–H groups in total. The average Bonchev–Trinajstić information content (AvgIpc) is 2.54. The molecule has 24 heavy (non-hydrogen) atoms. The van der Waals surface area contributed by atoms with E-state index in [2.05, 4.69) is 36.5 Å². The van der Waals surface area contributed by atoms with Crippen LogP contribution in [0.1, 0.15) is 57.1 Å². The first-order valence-electron chi connectivity index (χ1n) is 9.12. The van der Waals surface area contributed by atoms with E-state index < -0.39 is 0 Å². The minimum Gasteiger partial charge on any atom is -0.351 e. The number of fused-ring (bicyclic) bond motifs is 1. The molecule has 2 atom stereocenters. The summed E-state index contributed by atoms with van der Waals surface area (Å²) in [5, 5.41) is 3.27. The average molecular weight is 328 g/mol. The highest BCUT2D eigenvalue weighted by molar-refractivity contribution is 5.79. The second-order valence-electron chi connectivity index (χ2n) is 7.62. The van der Waals surface area contributed by atoms with Gasteiger partial charge in [-0.15, -0.1) is 0 Å². The van der Waals surface area contributed by atoms with E-state index in [9.17, 15) is 9.59 Å². The topological polar surface area (TPSA) is 49.4 Å². The fraction of sp³-hybridized carbons (Fsp3) is 0.600. The van der Waals surface area contributed by atoms with Crippen LogP contribution in [0, 0.1) is 0 Å². The molecule has 0 radical (unpaired) electrons. The van der Waals surface area contributed by atoms with Crippen LogP contribution in [0.15, 0.2) is 24.3 Å². The SMILES string of the molecule is CC(=O)N1CCCC[C@@H]1CC(=O)N[C@@]1(C)CCc2ccccc2C1. The van der Waals surface area contributed by atoms with Gasteiger partial charge in [-0.05, 0) is 56.6 Å². The number of nitrogens with zero attached hydrogens (tertiary/aromatic N) is 1. The zero-order valence-electron chi connectivity index (χ0n) is 14.8. The van der Waals surface area contributed by atoms with Crippen molar-refractivity contribution in [2.45, 2.75) is 70.4 Å². The fourth-order valence-corrected chi connectivity index (χ4v) is 4.23. The summed E-state index contributed by atoms with van der Waals surface area (Å²) in [5.41, 5.74) is 2.56. The van der Waals surface area contributed by atoms with Crippen molar-refractivity contribution in [2.24, 2.45) is 0 Å². The summed E-state index contributed by atoms with van der Waals surface area (Å²) in [6.45, 7) is 4.54. The maximum atomic E-state index is 12.6. The second-order valence-corrected chi connectivity index (χ2v) is 7.62. The number of carbonyl (C=O) groups is 2. The highest BCUT2D eigenvalue weighted by Crippen LogP contribution is 2.29. The molecule has 0 spiro atoms. The van der Waals surface area contributed by atoms with Crippen LogP contribution in [0.4, 0.5) is 0 Å². The normalized spacial score (nSPS) is 26.6. The van der Waals surface area contributed by atoms with Crippen molar-refractivity contribution in [1.82, 2.24) is 10.2 Å². The van der Waals surface area contributed by atoms with E-state index in [-0.39, 0.29) is 23.4 Å². The standard InChI is InChI=1S/C20H28N2O2/c1-15(23)22-12-6-5-9-18(22)13-19(24)21-20(2)11-10-16-7-3-4-8-17(16)14-20/h3-4,7-8,18H,5-6,9-14H2,1-2H3,(H,21,24)/t18-,20+/m1/s1. The van der Waals surface area contributed by atoms with Crippen LogP contribution in [0.3, 0.4) is 0 Å². The minimum atomic E-state index is -0.179. The summed E-state index contributed by atoms with van der Waals surface area (Å²) in [5.74, 6) is 0.167. The van der Waals surface area contributed by atoms with Gasteiger partial charge < -0.3 is 10.2 Å². The summed E-state index contributed by atoms with van der Waals surface area (Å²) >= 11 is 0. The molecule has 1 aromatic carbocycles. The lowest BCUT2D eigenvalue weighted by Crippen LogP contribution is -2.52. The highest BCUT2D eigenvalue weighted by atomic mass is 16.2. The van der Waals surface area contributed by atoms with Crippen LogP contribution >= 0.6 is 0 Å². The molecule has 0 aromatic heterocycles. The Kier molecular flexibility index (Phi) is 4.93. The number of nitrogens with one attached hydrogen (secondary N) is 1. The molecule has 2 amide bonds. The monoisotopic (exact) mass is 328 g/mol. The van der Waals surface area contributed by atoms with Crippen LogP contribution in [-0.4, -0.2) is 34.8 Å². The van der Waals surface area contributed by atoms with Crippen molar-refractivity contribution >= 4 is 11.8 Å². The molecule has 0 unspecified atom stereocenters. The number of benzene rings is 1. The van der Waals surface area contributed by atoms with Crippen molar-refractivity contribution in [3.05, 3.63) is 35.4 Å². The molecule has 4 nitrogen and oxygen atoms in total. The van der Waals surface area contributed by atoms with Crippen LogP contribution in [0.5, 0.6) is 0 Å². The number of carbonyl (C=O) groups excluding carboxylic acids is 2. The third-order valence-electron chi connectivity index (χ3n) is 5.54. The molecule has 1 aliphatic heterocycles. The van der Waals surface area contributed by atoms with Crippen molar-refractivity contribution in [2.75, 3.05) is 6.54 Å². The van der Waals surface area contributed by atoms with Gasteiger partial charge in [0.2, 0.25) is 11.8 Å². The van der Waals surface area contributed by atoms with Crippen LogP contribution in [0.2, 0.25) is 0 Å². The van der Waals surface area contributed by atoms with E-state index in [4.69, 9.17) is 0 Å². The lowest BCUT2D eigenvalue weighted by atomic mass is 9.79. The van der Waals surface area contributed by atoms with Gasteiger partial charge in [0.25, 0.3) is 0 Å². The molecule has 1 saturated heterocycles. The van der Waals surface area contributed by atoms with Gasteiger partial charge in [-0.25, -0.2) is 0 Å². The zero-order valence-corrected chi connectivity index (χ0v) is 14.8. The van der Waals surface area contributed by atoms with Gasteiger partial charge in [0.1, 0.15) is 0 Å². The number of hydrogen-bond donors (Lipinski definition) is 1. The fourth-order valence-electron chi connectivity index (χ4n) is 4.23. The number of amides is 2. The molecule has 1 fully saturated rings. The largest absolute Gasteiger partial charge is 0.351 e. The Morgan fingerprint density at radius 2 is 2.00 bits per heavy atom. The summed E-state index contributed by atoms with van der Waals surface area (Å²) in [7, 11) is 0. The van der Waals surface area contributed by atoms with E-state index in [0.29, 0.717) is 6.42 Å². The minimum absolute atomic E-state index is 0.0655. The smallest absolute Gasteiger partial charge is 0.222 e. The van der Waals surface area contributed by atoms with Crippen LogP contribution in [0.25, 0.3) is 0 Å². The van der Waals surface area contributed by atoms with Gasteiger partial charge in [-0.1, -0.05) is 24.3 Å². The summed E-state index contributed by atoms with van der Waals surface area (Å²) in [6.07, 6.45) is 6.38. The van der Waals surface area contributed by atoms with Gasteiger partial charge in [-0.2, -0.15) is 0 Å². The predicted octanol–water partition coefficient (Wildman–Crippen LogP) is 2.84. The van der Waals surface area contributed by atoms with Crippen molar-refractivity contribution in [1.29, 1.82) is 0 Å². The van der Waals surface area contributed by atoms with E-state index in [1.165, 1.54) is 11.1 Å². The Hall–Kier alpha value is -1.84. The molecule has 4 heteroatoms. The quantitative estimate of drug-likeness (QED) is 0.927. The van der Waals surface area contributed by atoms with Crippen LogP contribution in [-0.2, 0) is 22.4 Å². The van der Waals surface area contributed by atoms with Crippen molar-refractivity contribution in [3.8, 4) is 0 Å². The summed E-state index contributed by atoms with van der Waals surface area (Å²) in [4.78, 5) is 26.3. The maximum Gasteiger partial charge on any atom is 0.222 e. The first kappa shape index (κ1) is 17.0. The first-order chi connectivity index (χ1) is 11.5. The van der Waals surface area contributed by atoms with Crippen molar-refractivity contribution in [3.63, 3.8) is 0 Å². The first-order valence-corrected chi connectivity index (χ1v) is 9.12.